The van der Waals surface area contributed by atoms with Gasteiger partial charge >= 0.3 is 12.2 Å². The Morgan fingerprint density at radius 2 is 1.91 bits per heavy atom. The number of amides is 2. The van der Waals surface area contributed by atoms with E-state index in [1.54, 1.807) is 32.4 Å². The van der Waals surface area contributed by atoms with Crippen molar-refractivity contribution in [3.8, 4) is 0 Å². The molecule has 0 atom stereocenters. The van der Waals surface area contributed by atoms with Crippen molar-refractivity contribution in [3.05, 3.63) is 22.5 Å². The molecule has 1 aliphatic rings. The molecule has 14 heteroatoms. The molecule has 32 heavy (non-hydrogen) atoms. The number of hydrogen-bond donors (Lipinski definition) is 4. The van der Waals surface area contributed by atoms with Gasteiger partial charge in [0, 0.05) is 24.9 Å². The number of nitrogens with two attached hydrogens (primary N) is 2. The third-order valence-corrected chi connectivity index (χ3v) is 5.40. The van der Waals surface area contributed by atoms with Crippen LogP contribution in [-0.4, -0.2) is 51.9 Å². The van der Waals surface area contributed by atoms with Gasteiger partial charge in [-0.3, -0.25) is 9.98 Å². The zero-order chi connectivity index (χ0) is 24.7. The minimum Gasteiger partial charge on any atom is -0.477 e. The van der Waals surface area contributed by atoms with Crippen molar-refractivity contribution in [2.24, 2.45) is 33.3 Å². The number of urea groups is 1. The third kappa shape index (κ3) is 8.05. The summed E-state index contributed by atoms with van der Waals surface area (Å²) in [4.78, 5) is 19.4. The molecular formula is C18H29F3N6O4S. The topological polar surface area (TPSA) is 161 Å². The van der Waals surface area contributed by atoms with E-state index in [2.05, 4.69) is 15.3 Å². The van der Waals surface area contributed by atoms with E-state index in [1.165, 1.54) is 0 Å². The Morgan fingerprint density at radius 3 is 2.34 bits per heavy atom. The van der Waals surface area contributed by atoms with Crippen LogP contribution in [0.15, 0.2) is 32.5 Å². The monoisotopic (exact) mass is 482 g/mol. The molecule has 0 saturated heterocycles. The molecule has 0 fully saturated rings. The summed E-state index contributed by atoms with van der Waals surface area (Å²) >= 11 is 0. The first kappa shape index (κ1) is 27.3. The highest BCUT2D eigenvalue weighted by molar-refractivity contribution is 7.94. The van der Waals surface area contributed by atoms with E-state index < -0.39 is 39.6 Å². The number of nitrogens with zero attached hydrogens (tertiary/aromatic N) is 2. The van der Waals surface area contributed by atoms with Crippen molar-refractivity contribution in [1.82, 2.24) is 10.0 Å². The van der Waals surface area contributed by atoms with Crippen LogP contribution in [0.1, 0.15) is 34.1 Å². The first-order valence-corrected chi connectivity index (χ1v) is 11.2. The van der Waals surface area contributed by atoms with E-state index in [9.17, 15) is 26.4 Å². The van der Waals surface area contributed by atoms with Gasteiger partial charge in [-0.05, 0) is 11.8 Å². The number of sulfonamides is 1. The summed E-state index contributed by atoms with van der Waals surface area (Å²) in [5.41, 5.74) is 11.1. The maximum absolute atomic E-state index is 12.7. The van der Waals surface area contributed by atoms with E-state index in [0.717, 1.165) is 6.20 Å². The molecule has 1 aliphatic heterocycles. The molecule has 0 aromatic rings. The van der Waals surface area contributed by atoms with Crippen LogP contribution in [0.2, 0.25) is 0 Å². The molecule has 0 aromatic carbocycles. The van der Waals surface area contributed by atoms with Gasteiger partial charge in [-0.2, -0.15) is 13.2 Å². The van der Waals surface area contributed by atoms with Crippen LogP contribution in [-0.2, 0) is 14.8 Å². The first-order valence-electron chi connectivity index (χ1n) is 9.74. The van der Waals surface area contributed by atoms with Crippen molar-refractivity contribution < 1.29 is 31.1 Å². The second kappa shape index (κ2) is 11.2. The summed E-state index contributed by atoms with van der Waals surface area (Å²) in [5.74, 6) is -1.20. The highest BCUT2D eigenvalue weighted by atomic mass is 32.2. The van der Waals surface area contributed by atoms with Crippen LogP contribution in [0.25, 0.3) is 0 Å². The standard InChI is InChI=1S/C18H29F3N6O4S/c1-10(2)13(23)15(14(11(3)4)25-9-18(19,20)21)26-17(28)27-32(29,30)12(8-22)16-24-6-5-7-31-16/h8,10-11H,5-7,9,22-23H2,1-4H3,(H2,26,27,28). The molecule has 0 unspecified atom stereocenters. The van der Waals surface area contributed by atoms with Crippen LogP contribution in [0, 0.1) is 11.8 Å². The summed E-state index contributed by atoms with van der Waals surface area (Å²) in [6.45, 7) is 5.49. The molecule has 0 bridgehead atoms. The number of rotatable bonds is 8. The molecule has 0 spiro atoms. The zero-order valence-corrected chi connectivity index (χ0v) is 19.1. The molecule has 2 amide bonds. The van der Waals surface area contributed by atoms with Gasteiger partial charge in [0.2, 0.25) is 5.90 Å². The normalized spacial score (nSPS) is 17.0. The summed E-state index contributed by atoms with van der Waals surface area (Å²) < 4.78 is 70.3. The fourth-order valence-electron chi connectivity index (χ4n) is 2.50. The Labute approximate surface area is 185 Å². The van der Waals surface area contributed by atoms with Crippen molar-refractivity contribution in [2.75, 3.05) is 19.7 Å². The minimum absolute atomic E-state index is 0.0294. The largest absolute Gasteiger partial charge is 0.477 e. The number of alkyl halides is 3. The molecule has 1 heterocycles. The molecular weight excluding hydrogens is 453 g/mol. The molecule has 0 aliphatic carbocycles. The number of aliphatic imine (C=N–C) groups is 2. The van der Waals surface area contributed by atoms with Crippen LogP contribution in [0.5, 0.6) is 0 Å². The Balaban J connectivity index is 3.24. The third-order valence-electron chi connectivity index (χ3n) is 4.06. The molecule has 1 rings (SSSR count). The number of allylic oxidation sites excluding steroid dienone is 2. The lowest BCUT2D eigenvalue weighted by Crippen LogP contribution is -2.44. The summed E-state index contributed by atoms with van der Waals surface area (Å²) in [5, 5.41) is 2.23. The lowest BCUT2D eigenvalue weighted by molar-refractivity contribution is -0.118. The van der Waals surface area contributed by atoms with Gasteiger partial charge < -0.3 is 21.5 Å². The quantitative estimate of drug-likeness (QED) is 0.385. The molecule has 0 radical (unpaired) electrons. The number of ether oxygens (including phenoxy) is 1. The van der Waals surface area contributed by atoms with E-state index in [4.69, 9.17) is 16.2 Å². The van der Waals surface area contributed by atoms with Crippen LogP contribution in [0.4, 0.5) is 18.0 Å². The highest BCUT2D eigenvalue weighted by Gasteiger charge is 2.30. The van der Waals surface area contributed by atoms with Gasteiger partial charge in [-0.1, -0.05) is 27.7 Å². The maximum Gasteiger partial charge on any atom is 0.407 e. The molecule has 0 saturated carbocycles. The van der Waals surface area contributed by atoms with Gasteiger partial charge in [-0.15, -0.1) is 0 Å². The number of halogens is 3. The second-order valence-electron chi connectivity index (χ2n) is 7.44. The number of carbonyl (C=O) groups excluding carboxylic acids is 1. The van der Waals surface area contributed by atoms with Gasteiger partial charge in [-0.25, -0.2) is 17.9 Å². The summed E-state index contributed by atoms with van der Waals surface area (Å²) in [7, 11) is -4.51. The lowest BCUT2D eigenvalue weighted by atomic mass is 9.99. The van der Waals surface area contributed by atoms with E-state index in [0.29, 0.717) is 13.0 Å². The molecule has 0 aromatic heterocycles. The predicted molar refractivity (Wildman–Crippen MR) is 115 cm³/mol. The van der Waals surface area contributed by atoms with E-state index >= 15 is 0 Å². The predicted octanol–water partition coefficient (Wildman–Crippen LogP) is 1.72. The van der Waals surface area contributed by atoms with Gasteiger partial charge in [0.15, 0.2) is 4.91 Å². The van der Waals surface area contributed by atoms with E-state index in [1.807, 2.05) is 0 Å². The Morgan fingerprint density at radius 1 is 1.28 bits per heavy atom. The Bertz CT molecular complexity index is 921. The molecule has 182 valence electrons. The summed E-state index contributed by atoms with van der Waals surface area (Å²) in [6.07, 6.45) is -3.26. The average molecular weight is 483 g/mol. The number of nitrogens with one attached hydrogen (secondary N) is 2. The van der Waals surface area contributed by atoms with Gasteiger partial charge in [0.05, 0.1) is 18.0 Å². The van der Waals surface area contributed by atoms with Crippen molar-refractivity contribution >= 4 is 27.7 Å². The zero-order valence-electron chi connectivity index (χ0n) is 18.3. The van der Waals surface area contributed by atoms with Crippen LogP contribution >= 0.6 is 0 Å². The van der Waals surface area contributed by atoms with Crippen molar-refractivity contribution in [2.45, 2.75) is 40.3 Å². The van der Waals surface area contributed by atoms with E-state index in [-0.39, 0.29) is 35.5 Å². The maximum atomic E-state index is 12.7. The van der Waals surface area contributed by atoms with Crippen LogP contribution in [0.3, 0.4) is 0 Å². The average Bonchev–Trinajstić information content (AvgIpc) is 2.66. The number of hydrogen-bond acceptors (Lipinski definition) is 8. The summed E-state index contributed by atoms with van der Waals surface area (Å²) in [6, 6.07) is -1.26. The number of carbonyl (C=O) groups is 1. The molecule has 6 N–H and O–H groups in total. The first-order chi connectivity index (χ1) is 14.7. The smallest absolute Gasteiger partial charge is 0.407 e. The molecule has 10 nitrogen and oxygen atoms in total. The fraction of sp³-hybridized carbons (Fsp3) is 0.611. The van der Waals surface area contributed by atoms with Gasteiger partial charge in [0.1, 0.15) is 6.54 Å². The van der Waals surface area contributed by atoms with Gasteiger partial charge in [0.25, 0.3) is 10.0 Å². The van der Waals surface area contributed by atoms with Crippen molar-refractivity contribution in [1.29, 1.82) is 0 Å². The SMILES string of the molecule is CC(C)C(=NCC(F)(F)F)C(NC(=O)NS(=O)(=O)C(=CN)C1=NCCCO1)=C(N)C(C)C. The Kier molecular flexibility index (Phi) is 9.54. The lowest BCUT2D eigenvalue weighted by Gasteiger charge is -2.21. The second-order valence-corrected chi connectivity index (χ2v) is 9.09. The minimum atomic E-state index is -4.58. The van der Waals surface area contributed by atoms with Crippen LogP contribution < -0.4 is 21.5 Å². The van der Waals surface area contributed by atoms with Crippen molar-refractivity contribution in [3.63, 3.8) is 0 Å². The highest BCUT2D eigenvalue weighted by Crippen LogP contribution is 2.19. The fourth-order valence-corrected chi connectivity index (χ4v) is 3.44. The Hall–Kier alpha value is -2.77.